The van der Waals surface area contributed by atoms with Gasteiger partial charge in [0.15, 0.2) is 0 Å². The number of hydrogen-bond donors (Lipinski definition) is 2. The van der Waals surface area contributed by atoms with E-state index in [1.54, 1.807) is 6.92 Å². The molecule has 0 bridgehead atoms. The Morgan fingerprint density at radius 2 is 1.89 bits per heavy atom. The molecule has 0 aromatic rings. The Balaban J connectivity index is 2.49. The fraction of sp³-hybridized carbons (Fsp3) is 0.818. The van der Waals surface area contributed by atoms with Gasteiger partial charge in [0.05, 0.1) is 5.75 Å². The molecule has 1 saturated heterocycles. The molecule has 1 heterocycles. The van der Waals surface area contributed by atoms with Crippen molar-refractivity contribution in [3.63, 3.8) is 0 Å². The third kappa shape index (κ3) is 4.46. The number of nitrogens with one attached hydrogen (secondary N) is 1. The lowest BCUT2D eigenvalue weighted by Crippen LogP contribution is -2.48. The maximum atomic E-state index is 11.8. The molecule has 2 N–H and O–H groups in total. The molecule has 1 rings (SSSR count). The highest BCUT2D eigenvalue weighted by Gasteiger charge is 2.30. The number of hydrogen-bond acceptors (Lipinski definition) is 4. The van der Waals surface area contributed by atoms with Crippen molar-refractivity contribution in [2.45, 2.75) is 32.7 Å². The second kappa shape index (κ2) is 6.33. The van der Waals surface area contributed by atoms with Gasteiger partial charge in [-0.2, -0.15) is 0 Å². The van der Waals surface area contributed by atoms with Gasteiger partial charge in [-0.05, 0) is 26.7 Å². The molecule has 0 radical (unpaired) electrons. The predicted molar refractivity (Wildman–Crippen MR) is 69.0 cm³/mol. The molecule has 1 unspecified atom stereocenters. The van der Waals surface area contributed by atoms with Gasteiger partial charge in [0.2, 0.25) is 15.9 Å². The zero-order valence-electron chi connectivity index (χ0n) is 11.1. The summed E-state index contributed by atoms with van der Waals surface area (Å²) in [4.78, 5) is 24.0. The quantitative estimate of drug-likeness (QED) is 0.673. The number of carbonyl (C=O) groups excluding carboxylic acids is 1. The molecule has 1 aliphatic heterocycles. The van der Waals surface area contributed by atoms with Crippen LogP contribution in [0, 0.1) is 5.92 Å². The molecule has 1 aliphatic rings. The van der Waals surface area contributed by atoms with Crippen LogP contribution in [0.4, 0.5) is 0 Å². The first kappa shape index (κ1) is 15.9. The molecule has 1 amide bonds. The van der Waals surface area contributed by atoms with Crippen molar-refractivity contribution in [3.05, 3.63) is 0 Å². The average Bonchev–Trinajstić information content (AvgIpc) is 2.37. The van der Waals surface area contributed by atoms with E-state index in [0.717, 1.165) is 0 Å². The molecule has 1 fully saturated rings. The minimum Gasteiger partial charge on any atom is -0.481 e. The van der Waals surface area contributed by atoms with Crippen LogP contribution in [0.2, 0.25) is 0 Å². The van der Waals surface area contributed by atoms with E-state index in [4.69, 9.17) is 5.11 Å². The van der Waals surface area contributed by atoms with Crippen molar-refractivity contribution in [2.24, 2.45) is 5.92 Å². The lowest BCUT2D eigenvalue weighted by molar-refractivity contribution is -0.150. The van der Waals surface area contributed by atoms with Gasteiger partial charge in [0.25, 0.3) is 0 Å². The van der Waals surface area contributed by atoms with Gasteiger partial charge >= 0.3 is 5.97 Å². The molecule has 0 aromatic heterocycles. The van der Waals surface area contributed by atoms with Crippen LogP contribution in [0.25, 0.3) is 0 Å². The topological polar surface area (TPSA) is 104 Å². The van der Waals surface area contributed by atoms with Crippen molar-refractivity contribution >= 4 is 21.9 Å². The van der Waals surface area contributed by atoms with Crippen LogP contribution < -0.4 is 4.72 Å². The highest BCUT2D eigenvalue weighted by atomic mass is 32.2. The third-order valence-electron chi connectivity index (χ3n) is 3.27. The van der Waals surface area contributed by atoms with Gasteiger partial charge < -0.3 is 10.0 Å². The summed E-state index contributed by atoms with van der Waals surface area (Å²) in [6.45, 7) is 3.69. The zero-order valence-corrected chi connectivity index (χ0v) is 11.9. The molecule has 0 spiro atoms. The molecular formula is C11H20N2O5S. The van der Waals surface area contributed by atoms with E-state index >= 15 is 0 Å². The van der Waals surface area contributed by atoms with Gasteiger partial charge in [0, 0.05) is 19.1 Å². The maximum absolute atomic E-state index is 11.8. The number of carboxylic acid groups (broad SMARTS) is 1. The summed E-state index contributed by atoms with van der Waals surface area (Å²) in [5.74, 6) is -2.57. The number of carbonyl (C=O) groups is 2. The van der Waals surface area contributed by atoms with Crippen LogP contribution in [-0.4, -0.2) is 55.2 Å². The van der Waals surface area contributed by atoms with E-state index in [-0.39, 0.29) is 11.8 Å². The monoisotopic (exact) mass is 292 g/mol. The lowest BCUT2D eigenvalue weighted by Gasteiger charge is -2.33. The van der Waals surface area contributed by atoms with Crippen molar-refractivity contribution in [1.29, 1.82) is 0 Å². The standard InChI is InChI=1S/C11H20N2O5S/c1-3-19(17,18)12-9-4-6-13(7-5-9)10(14)8(2)11(15)16/h8-9,12H,3-7H2,1-2H3,(H,15,16). The Bertz CT molecular complexity index is 440. The van der Waals surface area contributed by atoms with Gasteiger partial charge in [-0.15, -0.1) is 0 Å². The van der Waals surface area contributed by atoms with Gasteiger partial charge in [0.1, 0.15) is 5.92 Å². The molecule has 0 aromatic carbocycles. The summed E-state index contributed by atoms with van der Waals surface area (Å²) in [5.41, 5.74) is 0. The summed E-state index contributed by atoms with van der Waals surface area (Å²) in [6, 6.07) is -0.172. The number of amides is 1. The molecule has 1 atom stereocenters. The number of carboxylic acids is 1. The first-order valence-electron chi connectivity index (χ1n) is 6.28. The minimum absolute atomic E-state index is 0.0300. The Morgan fingerprint density at radius 3 is 2.32 bits per heavy atom. The molecule has 0 saturated carbocycles. The summed E-state index contributed by atoms with van der Waals surface area (Å²) < 4.78 is 25.4. The van der Waals surface area contributed by atoms with E-state index < -0.39 is 27.8 Å². The zero-order chi connectivity index (χ0) is 14.6. The number of sulfonamides is 1. The first-order chi connectivity index (χ1) is 8.76. The van der Waals surface area contributed by atoms with Gasteiger partial charge in [-0.1, -0.05) is 0 Å². The third-order valence-corrected chi connectivity index (χ3v) is 4.73. The van der Waals surface area contributed by atoms with Crippen molar-refractivity contribution in [3.8, 4) is 0 Å². The van der Waals surface area contributed by atoms with Crippen molar-refractivity contribution in [1.82, 2.24) is 9.62 Å². The Labute approximate surface area is 113 Å². The predicted octanol–water partition coefficient (Wildman–Crippen LogP) is -0.363. The van der Waals surface area contributed by atoms with Gasteiger partial charge in [-0.3, -0.25) is 9.59 Å². The summed E-state index contributed by atoms with van der Waals surface area (Å²) in [6.07, 6.45) is 1.02. The van der Waals surface area contributed by atoms with Crippen LogP contribution in [0.15, 0.2) is 0 Å². The van der Waals surface area contributed by atoms with E-state index in [0.29, 0.717) is 25.9 Å². The van der Waals surface area contributed by atoms with Crippen LogP contribution in [-0.2, 0) is 19.6 Å². The SMILES string of the molecule is CCS(=O)(=O)NC1CCN(C(=O)C(C)C(=O)O)CC1. The number of likely N-dealkylation sites (tertiary alicyclic amines) is 1. The lowest BCUT2D eigenvalue weighted by atomic mass is 10.0. The fourth-order valence-electron chi connectivity index (χ4n) is 1.93. The van der Waals surface area contributed by atoms with Crippen LogP contribution in [0.5, 0.6) is 0 Å². The maximum Gasteiger partial charge on any atom is 0.315 e. The summed E-state index contributed by atoms with van der Waals surface area (Å²) >= 11 is 0. The smallest absolute Gasteiger partial charge is 0.315 e. The number of piperidine rings is 1. The Hall–Kier alpha value is -1.15. The van der Waals surface area contributed by atoms with Crippen molar-refractivity contribution < 1.29 is 23.1 Å². The molecule has 19 heavy (non-hydrogen) atoms. The normalized spacial score (nSPS) is 19.2. The highest BCUT2D eigenvalue weighted by molar-refractivity contribution is 7.89. The Kier molecular flexibility index (Phi) is 5.30. The minimum atomic E-state index is -3.23. The number of nitrogens with zero attached hydrogens (tertiary/aromatic N) is 1. The van der Waals surface area contributed by atoms with E-state index in [1.807, 2.05) is 0 Å². The fourth-order valence-corrected chi connectivity index (χ4v) is 2.84. The van der Waals surface area contributed by atoms with Crippen LogP contribution >= 0.6 is 0 Å². The van der Waals surface area contributed by atoms with Crippen LogP contribution in [0.3, 0.4) is 0 Å². The van der Waals surface area contributed by atoms with E-state index in [1.165, 1.54) is 11.8 Å². The number of rotatable bonds is 5. The second-order valence-electron chi connectivity index (χ2n) is 4.68. The van der Waals surface area contributed by atoms with E-state index in [9.17, 15) is 18.0 Å². The molecule has 0 aliphatic carbocycles. The molecule has 110 valence electrons. The first-order valence-corrected chi connectivity index (χ1v) is 7.93. The largest absolute Gasteiger partial charge is 0.481 e. The highest BCUT2D eigenvalue weighted by Crippen LogP contribution is 2.14. The van der Waals surface area contributed by atoms with Crippen molar-refractivity contribution in [2.75, 3.05) is 18.8 Å². The van der Waals surface area contributed by atoms with E-state index in [2.05, 4.69) is 4.72 Å². The second-order valence-corrected chi connectivity index (χ2v) is 6.72. The molecular weight excluding hydrogens is 272 g/mol. The molecule has 8 heteroatoms. The number of aliphatic carboxylic acids is 1. The summed E-state index contributed by atoms with van der Waals surface area (Å²) in [7, 11) is -3.23. The average molecular weight is 292 g/mol. The summed E-state index contributed by atoms with van der Waals surface area (Å²) in [5, 5.41) is 8.78. The molecule has 7 nitrogen and oxygen atoms in total. The van der Waals surface area contributed by atoms with Crippen LogP contribution in [0.1, 0.15) is 26.7 Å². The van der Waals surface area contributed by atoms with Gasteiger partial charge in [-0.25, -0.2) is 13.1 Å². The Morgan fingerprint density at radius 1 is 1.37 bits per heavy atom.